The minimum atomic E-state index is -0.280. The van der Waals surface area contributed by atoms with Crippen LogP contribution in [0.3, 0.4) is 0 Å². The molecular weight excluding hydrogens is 428 g/mol. The number of hydrogen-bond donors (Lipinski definition) is 1. The number of carbonyl (C=O) groups is 1. The summed E-state index contributed by atoms with van der Waals surface area (Å²) in [5.41, 5.74) is 1.91. The average molecular weight is 457 g/mol. The van der Waals surface area contributed by atoms with E-state index in [-0.39, 0.29) is 16.9 Å². The zero-order valence-corrected chi connectivity index (χ0v) is 18.8. The van der Waals surface area contributed by atoms with Crippen LogP contribution in [-0.4, -0.2) is 20.7 Å². The summed E-state index contributed by atoms with van der Waals surface area (Å²) in [5, 5.41) is 7.86. The molecule has 4 bridgehead atoms. The molecule has 1 aromatic carbocycles. The van der Waals surface area contributed by atoms with Crippen LogP contribution < -0.4 is 5.32 Å². The molecule has 4 aliphatic carbocycles. The Bertz CT molecular complexity index is 907. The van der Waals surface area contributed by atoms with E-state index in [0.29, 0.717) is 22.5 Å². The van der Waals surface area contributed by atoms with Gasteiger partial charge in [-0.25, -0.2) is 9.67 Å². The molecule has 2 aromatic rings. The summed E-state index contributed by atoms with van der Waals surface area (Å²) in [6, 6.07) is 8.42. The second-order valence-corrected chi connectivity index (χ2v) is 10.5. The number of benzene rings is 1. The number of nitrogens with zero attached hydrogens (tertiary/aromatic N) is 3. The number of nitrogens with one attached hydrogen (secondary N) is 1. The molecule has 0 radical (unpaired) electrons. The number of hydrogen-bond acceptors (Lipinski definition) is 3. The maximum absolute atomic E-state index is 13.6. The monoisotopic (exact) mass is 456 g/mol. The molecule has 5 nitrogen and oxygen atoms in total. The Kier molecular flexibility index (Phi) is 4.61. The third-order valence-electron chi connectivity index (χ3n) is 7.81. The SMILES string of the molecule is CC[C@H](C)c1ccc(NC(=O)C23C[C@H]4C[C@@H](C2)CC(n2cnc(Br)n2)(C4)C3)cc1. The summed E-state index contributed by atoms with van der Waals surface area (Å²) in [6.07, 6.45) is 9.37. The molecule has 4 fully saturated rings. The maximum Gasteiger partial charge on any atom is 0.230 e. The number of halogens is 1. The Morgan fingerprint density at radius 3 is 2.52 bits per heavy atom. The van der Waals surface area contributed by atoms with Gasteiger partial charge in [0.15, 0.2) is 0 Å². The highest BCUT2D eigenvalue weighted by molar-refractivity contribution is 9.10. The smallest absolute Gasteiger partial charge is 0.230 e. The molecule has 5 atom stereocenters. The number of rotatable bonds is 5. The van der Waals surface area contributed by atoms with E-state index in [1.807, 2.05) is 6.33 Å². The van der Waals surface area contributed by atoms with Gasteiger partial charge in [-0.1, -0.05) is 26.0 Å². The van der Waals surface area contributed by atoms with Gasteiger partial charge < -0.3 is 5.32 Å². The van der Waals surface area contributed by atoms with Crippen molar-refractivity contribution in [1.29, 1.82) is 0 Å². The Balaban J connectivity index is 1.39. The number of carbonyl (C=O) groups excluding carboxylic acids is 1. The molecule has 2 unspecified atom stereocenters. The predicted molar refractivity (Wildman–Crippen MR) is 117 cm³/mol. The van der Waals surface area contributed by atoms with Crippen molar-refractivity contribution in [1.82, 2.24) is 14.8 Å². The maximum atomic E-state index is 13.6. The second-order valence-electron chi connectivity index (χ2n) is 9.81. The molecule has 0 aliphatic heterocycles. The van der Waals surface area contributed by atoms with Gasteiger partial charge in [-0.3, -0.25) is 4.79 Å². The van der Waals surface area contributed by atoms with E-state index in [4.69, 9.17) is 0 Å². The second kappa shape index (κ2) is 6.93. The number of aromatic nitrogens is 3. The molecule has 0 saturated heterocycles. The lowest BCUT2D eigenvalue weighted by molar-refractivity contribution is -0.150. The summed E-state index contributed by atoms with van der Waals surface area (Å²) >= 11 is 3.40. The van der Waals surface area contributed by atoms with Crippen LogP contribution in [-0.2, 0) is 10.3 Å². The fourth-order valence-corrected chi connectivity index (χ4v) is 6.88. The average Bonchev–Trinajstić information content (AvgIpc) is 3.14. The molecule has 29 heavy (non-hydrogen) atoms. The Hall–Kier alpha value is -1.69. The first-order chi connectivity index (χ1) is 13.9. The molecular formula is C23H29BrN4O. The molecule has 1 amide bonds. The first-order valence-corrected chi connectivity index (χ1v) is 11.7. The van der Waals surface area contributed by atoms with Crippen molar-refractivity contribution in [3.05, 3.63) is 40.9 Å². The van der Waals surface area contributed by atoms with E-state index >= 15 is 0 Å². The Morgan fingerprint density at radius 1 is 1.24 bits per heavy atom. The molecule has 1 heterocycles. The largest absolute Gasteiger partial charge is 0.326 e. The fraction of sp³-hybridized carbons (Fsp3) is 0.609. The van der Waals surface area contributed by atoms with Gasteiger partial charge in [0.1, 0.15) is 6.33 Å². The first kappa shape index (κ1) is 19.3. The third-order valence-corrected chi connectivity index (χ3v) is 8.18. The van der Waals surface area contributed by atoms with Gasteiger partial charge in [-0.05, 0) is 96.3 Å². The summed E-state index contributed by atoms with van der Waals surface area (Å²) in [6.45, 7) is 4.45. The van der Waals surface area contributed by atoms with Crippen molar-refractivity contribution in [2.24, 2.45) is 17.3 Å². The fourth-order valence-electron chi connectivity index (χ4n) is 6.61. The number of anilines is 1. The van der Waals surface area contributed by atoms with Crippen molar-refractivity contribution in [3.8, 4) is 0 Å². The van der Waals surface area contributed by atoms with Gasteiger partial charge in [0.2, 0.25) is 10.6 Å². The minimum absolute atomic E-state index is 0.0547. The van der Waals surface area contributed by atoms with Crippen molar-refractivity contribution in [2.75, 3.05) is 5.32 Å². The molecule has 1 aromatic heterocycles. The summed E-state index contributed by atoms with van der Waals surface area (Å²) in [4.78, 5) is 17.9. The van der Waals surface area contributed by atoms with Crippen LogP contribution in [0.2, 0.25) is 0 Å². The van der Waals surface area contributed by atoms with Gasteiger partial charge in [0, 0.05) is 5.69 Å². The highest BCUT2D eigenvalue weighted by Crippen LogP contribution is 2.64. The summed E-state index contributed by atoms with van der Waals surface area (Å²) in [7, 11) is 0. The van der Waals surface area contributed by atoms with Gasteiger partial charge in [-0.2, -0.15) is 0 Å². The first-order valence-electron chi connectivity index (χ1n) is 10.9. The quantitative estimate of drug-likeness (QED) is 0.646. The van der Waals surface area contributed by atoms with E-state index in [1.165, 1.54) is 12.0 Å². The van der Waals surface area contributed by atoms with Crippen LogP contribution in [0.5, 0.6) is 0 Å². The standard InChI is InChI=1S/C23H29BrN4O/c1-3-15(2)18-4-6-19(7-5-18)26-20(29)22-9-16-8-17(10-22)12-23(11-16,13-22)28-14-25-21(24)27-28/h4-7,14-17H,3,8-13H2,1-2H3,(H,26,29)/t15-,16-,17+,22?,23?/m0/s1. The zero-order chi connectivity index (χ0) is 20.2. The van der Waals surface area contributed by atoms with Crippen LogP contribution in [0.25, 0.3) is 0 Å². The molecule has 4 saturated carbocycles. The van der Waals surface area contributed by atoms with Crippen molar-refractivity contribution in [3.63, 3.8) is 0 Å². The molecule has 0 spiro atoms. The van der Waals surface area contributed by atoms with Crippen LogP contribution in [0, 0.1) is 17.3 Å². The van der Waals surface area contributed by atoms with Crippen LogP contribution in [0.4, 0.5) is 5.69 Å². The summed E-state index contributed by atoms with van der Waals surface area (Å²) < 4.78 is 2.69. The molecule has 154 valence electrons. The highest BCUT2D eigenvalue weighted by Gasteiger charge is 2.61. The lowest BCUT2D eigenvalue weighted by Gasteiger charge is -2.60. The molecule has 4 aliphatic rings. The van der Waals surface area contributed by atoms with E-state index in [2.05, 4.69) is 74.1 Å². The Labute approximate surface area is 180 Å². The minimum Gasteiger partial charge on any atom is -0.326 e. The van der Waals surface area contributed by atoms with E-state index in [1.54, 1.807) is 0 Å². The van der Waals surface area contributed by atoms with Crippen LogP contribution >= 0.6 is 15.9 Å². The normalized spacial score (nSPS) is 33.6. The van der Waals surface area contributed by atoms with E-state index < -0.39 is 0 Å². The van der Waals surface area contributed by atoms with Crippen molar-refractivity contribution >= 4 is 27.5 Å². The zero-order valence-electron chi connectivity index (χ0n) is 17.2. The lowest BCUT2D eigenvalue weighted by atomic mass is 9.46. The van der Waals surface area contributed by atoms with E-state index in [0.717, 1.165) is 44.2 Å². The van der Waals surface area contributed by atoms with Crippen LogP contribution in [0.15, 0.2) is 35.3 Å². The topological polar surface area (TPSA) is 59.8 Å². The summed E-state index contributed by atoms with van der Waals surface area (Å²) in [5.74, 6) is 1.96. The number of amides is 1. The van der Waals surface area contributed by atoms with Crippen LogP contribution in [0.1, 0.15) is 70.3 Å². The van der Waals surface area contributed by atoms with Gasteiger partial charge in [0.25, 0.3) is 0 Å². The van der Waals surface area contributed by atoms with Crippen molar-refractivity contribution < 1.29 is 4.79 Å². The van der Waals surface area contributed by atoms with Gasteiger partial charge in [0.05, 0.1) is 11.0 Å². The van der Waals surface area contributed by atoms with Gasteiger partial charge >= 0.3 is 0 Å². The van der Waals surface area contributed by atoms with Crippen molar-refractivity contribution in [2.45, 2.75) is 70.3 Å². The third kappa shape index (κ3) is 3.24. The Morgan fingerprint density at radius 2 is 1.93 bits per heavy atom. The predicted octanol–water partition coefficient (Wildman–Crippen LogP) is 5.49. The molecule has 6 rings (SSSR count). The highest BCUT2D eigenvalue weighted by atomic mass is 79.9. The van der Waals surface area contributed by atoms with Gasteiger partial charge in [-0.15, -0.1) is 5.10 Å². The molecule has 1 N–H and O–H groups in total. The lowest BCUT2D eigenvalue weighted by Crippen LogP contribution is -2.60. The van der Waals surface area contributed by atoms with E-state index in [9.17, 15) is 4.79 Å². The molecule has 6 heteroatoms.